The van der Waals surface area contributed by atoms with Gasteiger partial charge in [0, 0.05) is 37.8 Å². The number of nitrogens with zero attached hydrogens (tertiary/aromatic N) is 3. The van der Waals surface area contributed by atoms with Crippen LogP contribution >= 0.6 is 11.3 Å². The standard InChI is InChI=1S/C27H37FN4O3S/c1-35-23-12-7-19(18-5-3-2-4-6-18)17-22(23)24-25(28)36-26(29-24)30-27(34)32-15-13-31(14-16-32)20-8-10-21(33)11-9-20/h7,12,17-18,20-21,33H,2-6,8-11,13-16H2,1H3,(H,29,30,34). The maximum atomic E-state index is 15.1. The SMILES string of the molecule is COc1ccc(C2CCCCC2)cc1-c1nc(NC(=O)N2CCN(C3CCC(O)CC3)CC2)sc1F. The van der Waals surface area contributed by atoms with Crippen molar-refractivity contribution >= 4 is 22.5 Å². The van der Waals surface area contributed by atoms with E-state index in [2.05, 4.69) is 21.3 Å². The smallest absolute Gasteiger partial charge is 0.323 e. The molecule has 2 amide bonds. The highest BCUT2D eigenvalue weighted by Crippen LogP contribution is 2.40. The molecule has 0 unspecified atom stereocenters. The Balaban J connectivity index is 1.23. The predicted octanol–water partition coefficient (Wildman–Crippen LogP) is 5.46. The number of anilines is 1. The third kappa shape index (κ3) is 5.68. The van der Waals surface area contributed by atoms with Gasteiger partial charge in [-0.15, -0.1) is 0 Å². The maximum Gasteiger partial charge on any atom is 0.323 e. The van der Waals surface area contributed by atoms with Crippen LogP contribution in [0, 0.1) is 5.13 Å². The average molecular weight is 517 g/mol. The number of amides is 2. The van der Waals surface area contributed by atoms with E-state index >= 15 is 4.39 Å². The number of carbonyl (C=O) groups excluding carboxylic acids is 1. The first-order valence-corrected chi connectivity index (χ1v) is 14.2. The largest absolute Gasteiger partial charge is 0.496 e. The molecule has 0 radical (unpaired) electrons. The van der Waals surface area contributed by atoms with E-state index in [1.165, 1.54) is 24.8 Å². The Hall–Kier alpha value is -2.23. The molecule has 5 rings (SSSR count). The fourth-order valence-corrected chi connectivity index (χ4v) is 6.70. The van der Waals surface area contributed by atoms with E-state index in [4.69, 9.17) is 4.74 Å². The minimum absolute atomic E-state index is 0.161. The number of aliphatic hydroxyl groups excluding tert-OH is 1. The van der Waals surface area contributed by atoms with Gasteiger partial charge < -0.3 is 14.7 Å². The van der Waals surface area contributed by atoms with E-state index < -0.39 is 5.13 Å². The molecule has 2 heterocycles. The van der Waals surface area contributed by atoms with Gasteiger partial charge >= 0.3 is 6.03 Å². The Bertz CT molecular complexity index is 1040. The highest BCUT2D eigenvalue weighted by molar-refractivity contribution is 7.14. The number of aromatic nitrogens is 1. The zero-order chi connectivity index (χ0) is 25.1. The highest BCUT2D eigenvalue weighted by Gasteiger charge is 2.29. The molecular weight excluding hydrogens is 479 g/mol. The average Bonchev–Trinajstić information content (AvgIpc) is 3.28. The number of rotatable bonds is 5. The summed E-state index contributed by atoms with van der Waals surface area (Å²) in [5, 5.41) is 12.4. The van der Waals surface area contributed by atoms with Gasteiger partial charge in [0.25, 0.3) is 0 Å². The summed E-state index contributed by atoms with van der Waals surface area (Å²) in [5.74, 6) is 1.07. The molecule has 2 saturated carbocycles. The predicted molar refractivity (Wildman–Crippen MR) is 140 cm³/mol. The molecule has 0 bridgehead atoms. The first-order valence-electron chi connectivity index (χ1n) is 13.3. The number of halogens is 1. The zero-order valence-corrected chi connectivity index (χ0v) is 21.9. The fourth-order valence-electron chi connectivity index (χ4n) is 6.01. The summed E-state index contributed by atoms with van der Waals surface area (Å²) in [6.45, 7) is 2.89. The third-order valence-electron chi connectivity index (χ3n) is 8.14. The molecule has 1 aromatic carbocycles. The van der Waals surface area contributed by atoms with Crippen molar-refractivity contribution in [1.29, 1.82) is 0 Å². The fraction of sp³-hybridized carbons (Fsp3) is 0.630. The van der Waals surface area contributed by atoms with Crippen molar-refractivity contribution in [3.63, 3.8) is 0 Å². The summed E-state index contributed by atoms with van der Waals surface area (Å²) in [5.41, 5.74) is 2.07. The van der Waals surface area contributed by atoms with Crippen LogP contribution in [0.2, 0.25) is 0 Å². The van der Waals surface area contributed by atoms with Crippen molar-refractivity contribution in [2.24, 2.45) is 0 Å². The number of aliphatic hydroxyl groups is 1. The second kappa shape index (κ2) is 11.4. The number of ether oxygens (including phenoxy) is 1. The molecule has 1 aliphatic heterocycles. The number of thiazole rings is 1. The molecule has 3 fully saturated rings. The number of piperazine rings is 1. The van der Waals surface area contributed by atoms with Crippen LogP contribution in [0.1, 0.15) is 69.3 Å². The highest BCUT2D eigenvalue weighted by atomic mass is 32.1. The van der Waals surface area contributed by atoms with Gasteiger partial charge in [-0.3, -0.25) is 10.2 Å². The molecule has 7 nitrogen and oxygen atoms in total. The summed E-state index contributed by atoms with van der Waals surface area (Å²) in [6, 6.07) is 6.26. The Morgan fingerprint density at radius 2 is 1.81 bits per heavy atom. The molecule has 1 aromatic heterocycles. The van der Waals surface area contributed by atoms with Gasteiger partial charge in [-0.1, -0.05) is 36.7 Å². The van der Waals surface area contributed by atoms with Gasteiger partial charge in [0.15, 0.2) is 5.13 Å². The summed E-state index contributed by atoms with van der Waals surface area (Å²) >= 11 is 0.860. The molecule has 2 aliphatic carbocycles. The number of hydrogen-bond donors (Lipinski definition) is 2. The Labute approximate surface area is 216 Å². The third-order valence-corrected chi connectivity index (χ3v) is 8.90. The maximum absolute atomic E-state index is 15.1. The van der Waals surface area contributed by atoms with Gasteiger partial charge in [0.1, 0.15) is 11.4 Å². The van der Waals surface area contributed by atoms with E-state index in [1.807, 2.05) is 12.1 Å². The second-order valence-corrected chi connectivity index (χ2v) is 11.3. The van der Waals surface area contributed by atoms with E-state index in [9.17, 15) is 9.90 Å². The van der Waals surface area contributed by atoms with Crippen molar-refractivity contribution in [3.05, 3.63) is 28.9 Å². The number of hydrogen-bond acceptors (Lipinski definition) is 6. The molecule has 0 atom stereocenters. The van der Waals surface area contributed by atoms with Crippen LogP contribution in [0.5, 0.6) is 5.75 Å². The lowest BCUT2D eigenvalue weighted by atomic mass is 9.83. The lowest BCUT2D eigenvalue weighted by Crippen LogP contribution is -2.53. The summed E-state index contributed by atoms with van der Waals surface area (Å²) in [4.78, 5) is 21.6. The van der Waals surface area contributed by atoms with E-state index in [0.717, 1.165) is 63.0 Å². The van der Waals surface area contributed by atoms with Crippen molar-refractivity contribution in [1.82, 2.24) is 14.8 Å². The Kier molecular flexibility index (Phi) is 8.08. The van der Waals surface area contributed by atoms with Crippen LogP contribution in [-0.2, 0) is 0 Å². The zero-order valence-electron chi connectivity index (χ0n) is 21.0. The Morgan fingerprint density at radius 3 is 2.50 bits per heavy atom. The van der Waals surface area contributed by atoms with E-state index in [-0.39, 0.29) is 23.0 Å². The second-order valence-electron chi connectivity index (χ2n) is 10.4. The monoisotopic (exact) mass is 516 g/mol. The van der Waals surface area contributed by atoms with Crippen LogP contribution in [-0.4, -0.2) is 71.4 Å². The molecule has 3 aliphatic rings. The van der Waals surface area contributed by atoms with Gasteiger partial charge in [-0.2, -0.15) is 4.39 Å². The normalized spacial score (nSPS) is 24.0. The van der Waals surface area contributed by atoms with Crippen LogP contribution in [0.25, 0.3) is 11.3 Å². The topological polar surface area (TPSA) is 77.9 Å². The molecule has 2 N–H and O–H groups in total. The molecule has 1 saturated heterocycles. The first-order chi connectivity index (χ1) is 17.5. The van der Waals surface area contributed by atoms with E-state index in [1.54, 1.807) is 12.0 Å². The lowest BCUT2D eigenvalue weighted by molar-refractivity contribution is 0.0526. The Morgan fingerprint density at radius 1 is 1.08 bits per heavy atom. The van der Waals surface area contributed by atoms with Crippen LogP contribution < -0.4 is 10.1 Å². The summed E-state index contributed by atoms with van der Waals surface area (Å²) < 4.78 is 20.6. The number of methoxy groups -OCH3 is 1. The number of nitrogens with one attached hydrogen (secondary N) is 1. The van der Waals surface area contributed by atoms with Crippen molar-refractivity contribution < 1.29 is 19.0 Å². The number of urea groups is 1. The molecule has 9 heteroatoms. The van der Waals surface area contributed by atoms with Crippen LogP contribution in [0.3, 0.4) is 0 Å². The van der Waals surface area contributed by atoms with Gasteiger partial charge in [-0.05, 0) is 62.1 Å². The van der Waals surface area contributed by atoms with Crippen molar-refractivity contribution in [3.8, 4) is 17.0 Å². The molecule has 36 heavy (non-hydrogen) atoms. The quantitative estimate of drug-likeness (QED) is 0.552. The van der Waals surface area contributed by atoms with Gasteiger partial charge in [-0.25, -0.2) is 9.78 Å². The summed E-state index contributed by atoms with van der Waals surface area (Å²) in [6.07, 6.45) is 9.63. The molecule has 196 valence electrons. The lowest BCUT2D eigenvalue weighted by Gasteiger charge is -2.41. The van der Waals surface area contributed by atoms with Crippen molar-refractivity contribution in [2.45, 2.75) is 75.9 Å². The van der Waals surface area contributed by atoms with E-state index in [0.29, 0.717) is 36.4 Å². The van der Waals surface area contributed by atoms with Gasteiger partial charge in [0.2, 0.25) is 5.13 Å². The van der Waals surface area contributed by atoms with Gasteiger partial charge in [0.05, 0.1) is 13.2 Å². The van der Waals surface area contributed by atoms with Crippen LogP contribution in [0.4, 0.5) is 14.3 Å². The minimum Gasteiger partial charge on any atom is -0.496 e. The molecule has 2 aromatic rings. The van der Waals surface area contributed by atoms with Crippen molar-refractivity contribution in [2.75, 3.05) is 38.6 Å². The van der Waals surface area contributed by atoms with Crippen LogP contribution in [0.15, 0.2) is 18.2 Å². The molecule has 0 spiro atoms. The minimum atomic E-state index is -0.423. The summed E-state index contributed by atoms with van der Waals surface area (Å²) in [7, 11) is 1.58. The number of carbonyl (C=O) groups is 1. The number of benzene rings is 1. The molecular formula is C27H37FN4O3S. The first kappa shape index (κ1) is 25.4.